The van der Waals surface area contributed by atoms with E-state index in [0.717, 1.165) is 19.3 Å². The van der Waals surface area contributed by atoms with E-state index < -0.39 is 6.29 Å². The van der Waals surface area contributed by atoms with E-state index in [4.69, 9.17) is 9.47 Å². The van der Waals surface area contributed by atoms with Crippen LogP contribution in [0.2, 0.25) is 0 Å². The fourth-order valence-corrected chi connectivity index (χ4v) is 1.03. The first-order chi connectivity index (χ1) is 6.65. The van der Waals surface area contributed by atoms with Crippen molar-refractivity contribution in [2.75, 3.05) is 7.11 Å². The maximum atomic E-state index is 11.3. The van der Waals surface area contributed by atoms with Crippen molar-refractivity contribution in [2.45, 2.75) is 51.1 Å². The molecule has 0 rings (SSSR count). The number of hydrogen-bond donors (Lipinski definition) is 1. The van der Waals surface area contributed by atoms with Crippen LogP contribution in [0.5, 0.6) is 0 Å². The number of thiol groups is 1. The lowest BCUT2D eigenvalue weighted by atomic mass is 10.2. The molecular formula is C10H20O3S. The maximum Gasteiger partial charge on any atom is 0.321 e. The van der Waals surface area contributed by atoms with Gasteiger partial charge in [0.15, 0.2) is 0 Å². The standard InChI is InChI=1S/C10H20O3S/c1-4-6-7-9(12-3)13-10(11)8(14)5-2/h8-9,14H,4-7H2,1-3H3. The van der Waals surface area contributed by atoms with Gasteiger partial charge < -0.3 is 9.47 Å². The van der Waals surface area contributed by atoms with Crippen molar-refractivity contribution < 1.29 is 14.3 Å². The van der Waals surface area contributed by atoms with Crippen LogP contribution in [-0.4, -0.2) is 24.6 Å². The highest BCUT2D eigenvalue weighted by molar-refractivity contribution is 7.81. The van der Waals surface area contributed by atoms with Crippen molar-refractivity contribution in [3.05, 3.63) is 0 Å². The second-order valence-corrected chi connectivity index (χ2v) is 3.79. The molecule has 4 heteroatoms. The zero-order chi connectivity index (χ0) is 11.0. The van der Waals surface area contributed by atoms with Crippen molar-refractivity contribution in [3.63, 3.8) is 0 Å². The average Bonchev–Trinajstić information content (AvgIpc) is 2.22. The van der Waals surface area contributed by atoms with E-state index >= 15 is 0 Å². The van der Waals surface area contributed by atoms with Crippen LogP contribution in [0.4, 0.5) is 0 Å². The van der Waals surface area contributed by atoms with Gasteiger partial charge in [-0.25, -0.2) is 0 Å². The molecule has 0 aliphatic heterocycles. The van der Waals surface area contributed by atoms with Gasteiger partial charge in [0.05, 0.1) is 5.25 Å². The lowest BCUT2D eigenvalue weighted by Gasteiger charge is -2.17. The van der Waals surface area contributed by atoms with Gasteiger partial charge in [0.25, 0.3) is 0 Å². The van der Waals surface area contributed by atoms with E-state index in [0.29, 0.717) is 6.42 Å². The molecule has 0 saturated carbocycles. The minimum Gasteiger partial charge on any atom is -0.435 e. The minimum atomic E-state index is -0.413. The van der Waals surface area contributed by atoms with Gasteiger partial charge in [-0.3, -0.25) is 4.79 Å². The molecule has 0 heterocycles. The third-order valence-electron chi connectivity index (χ3n) is 1.96. The van der Waals surface area contributed by atoms with Gasteiger partial charge in [-0.2, -0.15) is 12.6 Å². The molecule has 0 fully saturated rings. The highest BCUT2D eigenvalue weighted by Crippen LogP contribution is 2.10. The Morgan fingerprint density at radius 2 is 2.07 bits per heavy atom. The predicted molar refractivity (Wildman–Crippen MR) is 59.5 cm³/mol. The number of ether oxygens (including phenoxy) is 2. The van der Waals surface area contributed by atoms with E-state index in [1.54, 1.807) is 7.11 Å². The van der Waals surface area contributed by atoms with Crippen molar-refractivity contribution in [1.82, 2.24) is 0 Å². The molecule has 0 aromatic carbocycles. The van der Waals surface area contributed by atoms with Crippen molar-refractivity contribution in [2.24, 2.45) is 0 Å². The molecule has 2 atom stereocenters. The fraction of sp³-hybridized carbons (Fsp3) is 0.900. The normalized spacial score (nSPS) is 14.9. The van der Waals surface area contributed by atoms with Gasteiger partial charge in [0.1, 0.15) is 0 Å². The SMILES string of the molecule is CCCCC(OC)OC(=O)C(S)CC. The summed E-state index contributed by atoms with van der Waals surface area (Å²) in [7, 11) is 1.55. The summed E-state index contributed by atoms with van der Waals surface area (Å²) in [5.74, 6) is -0.293. The molecule has 0 aromatic rings. The van der Waals surface area contributed by atoms with Crippen LogP contribution in [0, 0.1) is 0 Å². The molecule has 0 aliphatic rings. The van der Waals surface area contributed by atoms with Crippen LogP contribution < -0.4 is 0 Å². The summed E-state index contributed by atoms with van der Waals surface area (Å²) in [6.07, 6.45) is 3.07. The van der Waals surface area contributed by atoms with Crippen LogP contribution in [0.1, 0.15) is 39.5 Å². The minimum absolute atomic E-state index is 0.293. The third kappa shape index (κ3) is 5.50. The van der Waals surface area contributed by atoms with Crippen molar-refractivity contribution >= 4 is 18.6 Å². The van der Waals surface area contributed by atoms with Gasteiger partial charge in [0, 0.05) is 13.5 Å². The van der Waals surface area contributed by atoms with E-state index in [9.17, 15) is 4.79 Å². The Bertz CT molecular complexity index is 161. The molecule has 0 amide bonds. The number of carbonyl (C=O) groups excluding carboxylic acids is 1. The molecule has 2 unspecified atom stereocenters. The molecule has 0 radical (unpaired) electrons. The number of unbranched alkanes of at least 4 members (excludes halogenated alkanes) is 1. The summed E-state index contributed by atoms with van der Waals surface area (Å²) in [5.41, 5.74) is 0. The molecule has 0 bridgehead atoms. The Morgan fingerprint density at radius 3 is 2.50 bits per heavy atom. The molecule has 84 valence electrons. The third-order valence-corrected chi connectivity index (χ3v) is 2.54. The Kier molecular flexibility index (Phi) is 7.99. The number of hydrogen-bond acceptors (Lipinski definition) is 4. The van der Waals surface area contributed by atoms with E-state index in [-0.39, 0.29) is 11.2 Å². The number of carbonyl (C=O) groups is 1. The molecule has 14 heavy (non-hydrogen) atoms. The zero-order valence-electron chi connectivity index (χ0n) is 9.16. The van der Waals surface area contributed by atoms with E-state index in [2.05, 4.69) is 19.6 Å². The lowest BCUT2D eigenvalue weighted by molar-refractivity contribution is -0.174. The molecular weight excluding hydrogens is 200 g/mol. The first-order valence-electron chi connectivity index (χ1n) is 5.07. The van der Waals surface area contributed by atoms with Crippen LogP contribution in [0.25, 0.3) is 0 Å². The molecule has 0 aliphatic carbocycles. The molecule has 0 aromatic heterocycles. The first-order valence-corrected chi connectivity index (χ1v) is 5.58. The second-order valence-electron chi connectivity index (χ2n) is 3.17. The quantitative estimate of drug-likeness (QED) is 0.406. The highest BCUT2D eigenvalue weighted by atomic mass is 32.1. The first kappa shape index (κ1) is 13.8. The summed E-state index contributed by atoms with van der Waals surface area (Å²) in [5, 5.41) is -0.339. The summed E-state index contributed by atoms with van der Waals surface area (Å²) in [6, 6.07) is 0. The Morgan fingerprint density at radius 1 is 1.43 bits per heavy atom. The van der Waals surface area contributed by atoms with E-state index in [1.165, 1.54) is 0 Å². The number of methoxy groups -OCH3 is 1. The maximum absolute atomic E-state index is 11.3. The largest absolute Gasteiger partial charge is 0.435 e. The molecule has 0 spiro atoms. The number of rotatable bonds is 7. The molecule has 0 saturated heterocycles. The topological polar surface area (TPSA) is 35.5 Å². The number of esters is 1. The molecule has 0 N–H and O–H groups in total. The van der Waals surface area contributed by atoms with Gasteiger partial charge in [-0.1, -0.05) is 20.3 Å². The van der Waals surface area contributed by atoms with Gasteiger partial charge in [0.2, 0.25) is 6.29 Å². The Labute approximate surface area is 91.6 Å². The van der Waals surface area contributed by atoms with Crippen LogP contribution in [-0.2, 0) is 14.3 Å². The lowest BCUT2D eigenvalue weighted by Crippen LogP contribution is -2.25. The summed E-state index contributed by atoms with van der Waals surface area (Å²) in [4.78, 5) is 11.3. The van der Waals surface area contributed by atoms with Crippen molar-refractivity contribution in [3.8, 4) is 0 Å². The summed E-state index contributed by atoms with van der Waals surface area (Å²) < 4.78 is 10.2. The van der Waals surface area contributed by atoms with Gasteiger partial charge >= 0.3 is 5.97 Å². The predicted octanol–water partition coefficient (Wildman–Crippen LogP) is 2.40. The zero-order valence-corrected chi connectivity index (χ0v) is 10.0. The monoisotopic (exact) mass is 220 g/mol. The highest BCUT2D eigenvalue weighted by Gasteiger charge is 2.18. The van der Waals surface area contributed by atoms with Crippen LogP contribution >= 0.6 is 12.6 Å². The second kappa shape index (κ2) is 8.12. The van der Waals surface area contributed by atoms with Crippen LogP contribution in [0.15, 0.2) is 0 Å². The fourth-order valence-electron chi connectivity index (χ4n) is 0.970. The van der Waals surface area contributed by atoms with Crippen LogP contribution in [0.3, 0.4) is 0 Å². The Hall–Kier alpha value is -0.220. The van der Waals surface area contributed by atoms with E-state index in [1.807, 2.05) is 6.92 Å². The van der Waals surface area contributed by atoms with Crippen molar-refractivity contribution in [1.29, 1.82) is 0 Å². The Balaban J connectivity index is 3.85. The summed E-state index contributed by atoms with van der Waals surface area (Å²) >= 11 is 4.10. The van der Waals surface area contributed by atoms with Gasteiger partial charge in [-0.05, 0) is 12.8 Å². The smallest absolute Gasteiger partial charge is 0.321 e. The van der Waals surface area contributed by atoms with Gasteiger partial charge in [-0.15, -0.1) is 0 Å². The summed E-state index contributed by atoms with van der Waals surface area (Å²) in [6.45, 7) is 3.98. The average molecular weight is 220 g/mol. The molecule has 3 nitrogen and oxygen atoms in total.